The largest absolute Gasteiger partial charge is 0.336 e. The van der Waals surface area contributed by atoms with Crippen LogP contribution in [0.5, 0.6) is 0 Å². The number of benzene rings is 1. The van der Waals surface area contributed by atoms with Crippen molar-refractivity contribution < 1.29 is 18.4 Å². The number of hydrogen-bond donors (Lipinski definition) is 2. The van der Waals surface area contributed by atoms with Crippen LogP contribution in [0.25, 0.3) is 0 Å². The van der Waals surface area contributed by atoms with Gasteiger partial charge < -0.3 is 15.1 Å². The summed E-state index contributed by atoms with van der Waals surface area (Å²) in [5.41, 5.74) is 1.06. The first-order chi connectivity index (χ1) is 15.4. The molecule has 2 N–H and O–H groups in total. The lowest BCUT2D eigenvalue weighted by Crippen LogP contribution is -2.55. The van der Waals surface area contributed by atoms with E-state index >= 15 is 0 Å². The fourth-order valence-electron chi connectivity index (χ4n) is 4.80. The van der Waals surface area contributed by atoms with Crippen LogP contribution in [0.2, 0.25) is 0 Å². The monoisotopic (exact) mass is 442 g/mol. The molecule has 168 valence electrons. The van der Waals surface area contributed by atoms with Crippen LogP contribution in [0.4, 0.5) is 19.4 Å². The van der Waals surface area contributed by atoms with Crippen LogP contribution in [0.3, 0.4) is 0 Å². The van der Waals surface area contributed by atoms with Gasteiger partial charge in [-0.05, 0) is 29.7 Å². The number of aromatic nitrogens is 2. The van der Waals surface area contributed by atoms with Gasteiger partial charge in [-0.3, -0.25) is 10.1 Å². The quantitative estimate of drug-likeness (QED) is 0.746. The molecule has 3 aliphatic rings. The Hall–Kier alpha value is -3.14. The molecule has 0 saturated carbocycles. The predicted octanol–water partition coefficient (Wildman–Crippen LogP) is 2.49. The minimum absolute atomic E-state index is 0.0124. The van der Waals surface area contributed by atoms with Crippen molar-refractivity contribution in [2.45, 2.75) is 31.9 Å². The van der Waals surface area contributed by atoms with Crippen molar-refractivity contribution in [2.24, 2.45) is 5.41 Å². The average molecular weight is 442 g/mol. The van der Waals surface area contributed by atoms with Gasteiger partial charge in [0.25, 0.3) is 11.8 Å². The van der Waals surface area contributed by atoms with Crippen molar-refractivity contribution in [3.05, 3.63) is 53.2 Å². The average Bonchev–Trinajstić information content (AvgIpc) is 3.42. The first-order valence-corrected chi connectivity index (χ1v) is 10.7. The number of rotatable bonds is 2. The van der Waals surface area contributed by atoms with Gasteiger partial charge in [0.15, 0.2) is 11.5 Å². The van der Waals surface area contributed by atoms with Gasteiger partial charge in [0.05, 0.1) is 5.41 Å². The molecular formula is C22H24F2N6O2. The number of carbonyl (C=O) groups is 2. The van der Waals surface area contributed by atoms with Crippen LogP contribution < -0.4 is 10.6 Å². The summed E-state index contributed by atoms with van der Waals surface area (Å²) in [5, 5.41) is 13.6. The molecule has 3 amide bonds. The summed E-state index contributed by atoms with van der Waals surface area (Å²) >= 11 is 0. The number of nitrogens with one attached hydrogen (secondary N) is 2. The van der Waals surface area contributed by atoms with Crippen LogP contribution in [0, 0.1) is 5.41 Å². The number of hydrogen-bond acceptors (Lipinski definition) is 5. The third-order valence-electron chi connectivity index (χ3n) is 6.74. The van der Waals surface area contributed by atoms with E-state index in [0.29, 0.717) is 13.1 Å². The third kappa shape index (κ3) is 3.58. The van der Waals surface area contributed by atoms with Crippen molar-refractivity contribution in [2.75, 3.05) is 31.5 Å². The lowest BCUT2D eigenvalue weighted by Gasteiger charge is -2.41. The summed E-state index contributed by atoms with van der Waals surface area (Å²) in [6, 6.07) is 10.5. The molecule has 8 nitrogen and oxygen atoms in total. The summed E-state index contributed by atoms with van der Waals surface area (Å²) in [6.07, 6.45) is 0.0316. The molecular weight excluding hydrogens is 418 g/mol. The van der Waals surface area contributed by atoms with E-state index in [4.69, 9.17) is 0 Å². The first-order valence-electron chi connectivity index (χ1n) is 10.7. The molecule has 0 aliphatic carbocycles. The molecule has 1 spiro atoms. The lowest BCUT2D eigenvalue weighted by molar-refractivity contribution is -0.134. The van der Waals surface area contributed by atoms with E-state index in [9.17, 15) is 18.4 Å². The smallest absolute Gasteiger partial charge is 0.323 e. The molecule has 2 fully saturated rings. The van der Waals surface area contributed by atoms with Gasteiger partial charge in [-0.25, -0.2) is 13.6 Å². The molecule has 0 bridgehead atoms. The Kier molecular flexibility index (Phi) is 5.04. The molecule has 32 heavy (non-hydrogen) atoms. The molecule has 2 aromatic rings. The molecule has 5 rings (SSSR count). The molecule has 1 atom stereocenters. The zero-order chi connectivity index (χ0) is 22.3. The van der Waals surface area contributed by atoms with Crippen molar-refractivity contribution in [1.82, 2.24) is 25.3 Å². The number of fused-ring (bicyclic) bond motifs is 1. The fraction of sp³-hybridized carbons (Fsp3) is 0.455. The zero-order valence-corrected chi connectivity index (χ0v) is 17.5. The highest BCUT2D eigenvalue weighted by Gasteiger charge is 2.58. The molecule has 1 unspecified atom stereocenters. The summed E-state index contributed by atoms with van der Waals surface area (Å²) in [6.45, 7) is 1.75. The van der Waals surface area contributed by atoms with Gasteiger partial charge in [0.2, 0.25) is 0 Å². The van der Waals surface area contributed by atoms with Gasteiger partial charge in [-0.2, -0.15) is 0 Å². The number of halogens is 2. The van der Waals surface area contributed by atoms with E-state index in [2.05, 4.69) is 20.8 Å². The molecule has 1 aromatic carbocycles. The Morgan fingerprint density at radius 2 is 1.75 bits per heavy atom. The van der Waals surface area contributed by atoms with Crippen molar-refractivity contribution >= 4 is 17.8 Å². The third-order valence-corrected chi connectivity index (χ3v) is 6.74. The van der Waals surface area contributed by atoms with E-state index in [1.807, 2.05) is 24.3 Å². The number of carbonyl (C=O) groups excluding carboxylic acids is 2. The Bertz CT molecular complexity index is 1020. The highest BCUT2D eigenvalue weighted by atomic mass is 19.3. The number of alkyl halides is 2. The van der Waals surface area contributed by atoms with Crippen molar-refractivity contribution in [3.63, 3.8) is 0 Å². The molecule has 10 heteroatoms. The highest BCUT2D eigenvalue weighted by molar-refractivity contribution is 5.93. The van der Waals surface area contributed by atoms with Crippen molar-refractivity contribution in [1.29, 1.82) is 0 Å². The SMILES string of the molecule is O=C(Nc1ccc(C(=O)N2CCC3(CNCCC3(F)F)C2)nn1)N1Cc2ccccc2C1. The van der Waals surface area contributed by atoms with Gasteiger partial charge in [0.1, 0.15) is 0 Å². The van der Waals surface area contributed by atoms with Crippen molar-refractivity contribution in [3.8, 4) is 0 Å². The van der Waals surface area contributed by atoms with Gasteiger partial charge in [-0.1, -0.05) is 24.3 Å². The number of nitrogens with zero attached hydrogens (tertiary/aromatic N) is 4. The molecule has 4 heterocycles. The summed E-state index contributed by atoms with van der Waals surface area (Å²) < 4.78 is 29.1. The molecule has 3 aliphatic heterocycles. The van der Waals surface area contributed by atoms with E-state index in [1.54, 1.807) is 4.90 Å². The minimum atomic E-state index is -2.80. The second-order valence-corrected chi connectivity index (χ2v) is 8.75. The lowest BCUT2D eigenvalue weighted by atomic mass is 9.76. The minimum Gasteiger partial charge on any atom is -0.336 e. The van der Waals surface area contributed by atoms with Gasteiger partial charge in [0, 0.05) is 45.7 Å². The normalized spacial score (nSPS) is 23.9. The fourth-order valence-corrected chi connectivity index (χ4v) is 4.80. The summed E-state index contributed by atoms with van der Waals surface area (Å²) in [5.74, 6) is -3.01. The second kappa shape index (κ2) is 7.77. The van der Waals surface area contributed by atoms with E-state index in [0.717, 1.165) is 11.1 Å². The van der Waals surface area contributed by atoms with Crippen LogP contribution >= 0.6 is 0 Å². The number of amides is 3. The van der Waals surface area contributed by atoms with Crippen LogP contribution in [0.15, 0.2) is 36.4 Å². The molecule has 2 saturated heterocycles. The maximum absolute atomic E-state index is 14.5. The molecule has 0 radical (unpaired) electrons. The Labute approximate surface area is 184 Å². The van der Waals surface area contributed by atoms with Gasteiger partial charge >= 0.3 is 6.03 Å². The number of urea groups is 1. The number of likely N-dealkylation sites (tertiary alicyclic amines) is 1. The number of piperidine rings is 1. The Morgan fingerprint density at radius 1 is 1.00 bits per heavy atom. The maximum atomic E-state index is 14.5. The van der Waals surface area contributed by atoms with E-state index < -0.39 is 17.2 Å². The standard InChI is InChI=1S/C22H24F2N6O2/c23-22(24)7-9-25-13-21(22)8-10-29(14-21)19(31)17-5-6-18(28-27-17)26-20(32)30-11-15-3-1-2-4-16(15)12-30/h1-6,25H,7-14H2,(H,26,28,32). The summed E-state index contributed by atoms with van der Waals surface area (Å²) in [4.78, 5) is 28.4. The molecule has 1 aromatic heterocycles. The van der Waals surface area contributed by atoms with E-state index in [1.165, 1.54) is 17.0 Å². The van der Waals surface area contributed by atoms with Crippen LogP contribution in [-0.2, 0) is 13.1 Å². The Balaban J connectivity index is 1.21. The van der Waals surface area contributed by atoms with Gasteiger partial charge in [-0.15, -0.1) is 10.2 Å². The number of anilines is 1. The van der Waals surface area contributed by atoms with Crippen LogP contribution in [-0.4, -0.2) is 64.0 Å². The van der Waals surface area contributed by atoms with E-state index in [-0.39, 0.29) is 56.6 Å². The second-order valence-electron chi connectivity index (χ2n) is 8.75. The topological polar surface area (TPSA) is 90.5 Å². The van der Waals surface area contributed by atoms with Crippen LogP contribution in [0.1, 0.15) is 34.5 Å². The zero-order valence-electron chi connectivity index (χ0n) is 17.5. The predicted molar refractivity (Wildman–Crippen MR) is 112 cm³/mol. The first kappa shape index (κ1) is 20.7. The summed E-state index contributed by atoms with van der Waals surface area (Å²) in [7, 11) is 0. The maximum Gasteiger partial charge on any atom is 0.323 e. The highest BCUT2D eigenvalue weighted by Crippen LogP contribution is 2.47. The Morgan fingerprint density at radius 3 is 2.41 bits per heavy atom.